The summed E-state index contributed by atoms with van der Waals surface area (Å²) < 4.78 is 12.9. The Bertz CT molecular complexity index is 349. The van der Waals surface area contributed by atoms with E-state index in [1.165, 1.54) is 19.2 Å². The quantitative estimate of drug-likeness (QED) is 0.522. The van der Waals surface area contributed by atoms with E-state index in [1.807, 2.05) is 0 Å². The lowest BCUT2D eigenvalue weighted by molar-refractivity contribution is -0.116. The number of carbonyl (C=O) groups is 2. The van der Waals surface area contributed by atoms with Crippen molar-refractivity contribution in [2.24, 2.45) is 0 Å². The molecule has 0 saturated carbocycles. The van der Waals surface area contributed by atoms with Crippen molar-refractivity contribution < 1.29 is 14.0 Å². The van der Waals surface area contributed by atoms with E-state index in [9.17, 15) is 14.0 Å². The Balaban J connectivity index is 2.89. The summed E-state index contributed by atoms with van der Waals surface area (Å²) in [4.78, 5) is 25.3. The van der Waals surface area contributed by atoms with E-state index < -0.39 is 11.6 Å². The number of aromatic nitrogens is 1. The van der Waals surface area contributed by atoms with Crippen molar-refractivity contribution in [1.82, 2.24) is 4.98 Å². The molecule has 0 aliphatic carbocycles. The first-order valence-electron chi connectivity index (χ1n) is 3.74. The number of carbonyl (C=O) groups excluding carboxylic acids is 2. The van der Waals surface area contributed by atoms with E-state index >= 15 is 0 Å². The van der Waals surface area contributed by atoms with E-state index in [-0.39, 0.29) is 17.9 Å². The van der Waals surface area contributed by atoms with Gasteiger partial charge in [0.2, 0.25) is 0 Å². The van der Waals surface area contributed by atoms with Gasteiger partial charge in [0.1, 0.15) is 11.5 Å². The maximum atomic E-state index is 12.9. The minimum absolute atomic E-state index is 0.266. The molecule has 0 amide bonds. The number of ketones is 2. The smallest absolute Gasteiger partial charge is 0.191 e. The molecule has 0 unspecified atom stereocenters. The van der Waals surface area contributed by atoms with Crippen molar-refractivity contribution in [1.29, 1.82) is 0 Å². The van der Waals surface area contributed by atoms with Crippen LogP contribution in [0.5, 0.6) is 0 Å². The largest absolute Gasteiger partial charge is 0.300 e. The third-order valence-electron chi connectivity index (χ3n) is 1.43. The molecule has 13 heavy (non-hydrogen) atoms. The minimum atomic E-state index is -0.686. The van der Waals surface area contributed by atoms with Crippen LogP contribution in [0.4, 0.5) is 4.39 Å². The SMILES string of the molecule is CC(=O)CC(=O)c1ncccc1F. The molecule has 0 bridgehead atoms. The van der Waals surface area contributed by atoms with Crippen molar-refractivity contribution in [3.8, 4) is 0 Å². The van der Waals surface area contributed by atoms with E-state index in [2.05, 4.69) is 4.98 Å². The van der Waals surface area contributed by atoms with E-state index in [0.717, 1.165) is 6.07 Å². The van der Waals surface area contributed by atoms with Crippen molar-refractivity contribution >= 4 is 11.6 Å². The third-order valence-corrected chi connectivity index (χ3v) is 1.43. The summed E-state index contributed by atoms with van der Waals surface area (Å²) in [7, 11) is 0. The summed E-state index contributed by atoms with van der Waals surface area (Å²) in [6.45, 7) is 1.28. The standard InChI is InChI=1S/C9H8FNO2/c1-6(12)5-8(13)9-7(10)3-2-4-11-9/h2-4H,5H2,1H3. The molecule has 0 spiro atoms. The Morgan fingerprint density at radius 2 is 2.23 bits per heavy atom. The number of hydrogen-bond acceptors (Lipinski definition) is 3. The Morgan fingerprint density at radius 1 is 1.54 bits per heavy atom. The number of Topliss-reactive ketones (excluding diaryl/α,β-unsaturated/α-hetero) is 2. The molecule has 0 saturated heterocycles. The summed E-state index contributed by atoms with van der Waals surface area (Å²) in [6.07, 6.45) is 1.02. The summed E-state index contributed by atoms with van der Waals surface area (Å²) in [6, 6.07) is 2.53. The van der Waals surface area contributed by atoms with E-state index in [1.54, 1.807) is 0 Å². The number of nitrogens with zero attached hydrogens (tertiary/aromatic N) is 1. The highest BCUT2D eigenvalue weighted by Crippen LogP contribution is 2.05. The second-order valence-corrected chi connectivity index (χ2v) is 2.64. The molecular weight excluding hydrogens is 173 g/mol. The highest BCUT2D eigenvalue weighted by atomic mass is 19.1. The van der Waals surface area contributed by atoms with Crippen LogP contribution in [0.3, 0.4) is 0 Å². The molecule has 0 N–H and O–H groups in total. The van der Waals surface area contributed by atoms with Crippen LogP contribution in [0, 0.1) is 5.82 Å². The lowest BCUT2D eigenvalue weighted by atomic mass is 10.1. The van der Waals surface area contributed by atoms with Gasteiger partial charge in [-0.15, -0.1) is 0 Å². The maximum absolute atomic E-state index is 12.9. The Labute approximate surface area is 74.6 Å². The van der Waals surface area contributed by atoms with Crippen LogP contribution < -0.4 is 0 Å². The van der Waals surface area contributed by atoms with Crippen molar-refractivity contribution in [3.63, 3.8) is 0 Å². The average molecular weight is 181 g/mol. The fraction of sp³-hybridized carbons (Fsp3) is 0.222. The number of rotatable bonds is 3. The molecule has 1 aromatic heterocycles. The predicted molar refractivity (Wildman–Crippen MR) is 43.8 cm³/mol. The van der Waals surface area contributed by atoms with Gasteiger partial charge in [0.05, 0.1) is 6.42 Å². The molecule has 0 radical (unpaired) electrons. The fourth-order valence-electron chi connectivity index (χ4n) is 0.901. The third kappa shape index (κ3) is 2.43. The van der Waals surface area contributed by atoms with Crippen LogP contribution in [0.15, 0.2) is 18.3 Å². The Hall–Kier alpha value is -1.58. The average Bonchev–Trinajstić information content (AvgIpc) is 2.03. The lowest BCUT2D eigenvalue weighted by Crippen LogP contribution is -2.09. The fourth-order valence-corrected chi connectivity index (χ4v) is 0.901. The maximum Gasteiger partial charge on any atom is 0.191 e. The van der Waals surface area contributed by atoms with E-state index in [0.29, 0.717) is 0 Å². The molecule has 1 rings (SSSR count). The molecule has 0 atom stereocenters. The lowest BCUT2D eigenvalue weighted by Gasteiger charge is -1.97. The number of pyridine rings is 1. The van der Waals surface area contributed by atoms with Gasteiger partial charge < -0.3 is 0 Å². The van der Waals surface area contributed by atoms with Crippen LogP contribution >= 0.6 is 0 Å². The zero-order chi connectivity index (χ0) is 9.84. The van der Waals surface area contributed by atoms with Crippen LogP contribution in [-0.2, 0) is 4.79 Å². The molecule has 1 heterocycles. The van der Waals surface area contributed by atoms with Crippen LogP contribution in [0.25, 0.3) is 0 Å². The molecule has 0 aromatic carbocycles. The van der Waals surface area contributed by atoms with Gasteiger partial charge in [0.25, 0.3) is 0 Å². The zero-order valence-corrected chi connectivity index (χ0v) is 7.08. The summed E-state index contributed by atoms with van der Waals surface area (Å²) in [5, 5.41) is 0. The van der Waals surface area contributed by atoms with Gasteiger partial charge in [-0.3, -0.25) is 14.6 Å². The molecular formula is C9H8FNO2. The first-order chi connectivity index (χ1) is 6.11. The number of hydrogen-bond donors (Lipinski definition) is 0. The van der Waals surface area contributed by atoms with Gasteiger partial charge >= 0.3 is 0 Å². The first-order valence-corrected chi connectivity index (χ1v) is 3.74. The molecule has 0 fully saturated rings. The van der Waals surface area contributed by atoms with Gasteiger partial charge in [-0.05, 0) is 19.1 Å². The highest BCUT2D eigenvalue weighted by molar-refractivity contribution is 6.06. The highest BCUT2D eigenvalue weighted by Gasteiger charge is 2.13. The van der Waals surface area contributed by atoms with Crippen LogP contribution in [0.2, 0.25) is 0 Å². The predicted octanol–water partition coefficient (Wildman–Crippen LogP) is 1.38. The monoisotopic (exact) mass is 181 g/mol. The zero-order valence-electron chi connectivity index (χ0n) is 7.08. The second kappa shape index (κ2) is 3.89. The normalized spacial score (nSPS) is 9.69. The van der Waals surface area contributed by atoms with Gasteiger partial charge in [0, 0.05) is 6.20 Å². The molecule has 1 aromatic rings. The van der Waals surface area contributed by atoms with Gasteiger partial charge in [-0.25, -0.2) is 4.39 Å². The molecule has 0 aliphatic heterocycles. The summed E-state index contributed by atoms with van der Waals surface area (Å²) >= 11 is 0. The molecule has 4 heteroatoms. The minimum Gasteiger partial charge on any atom is -0.300 e. The Morgan fingerprint density at radius 3 is 2.77 bits per heavy atom. The van der Waals surface area contributed by atoms with Gasteiger partial charge in [-0.1, -0.05) is 0 Å². The van der Waals surface area contributed by atoms with Gasteiger partial charge in [0.15, 0.2) is 11.6 Å². The van der Waals surface area contributed by atoms with Crippen molar-refractivity contribution in [3.05, 3.63) is 29.8 Å². The first kappa shape index (κ1) is 9.51. The second-order valence-electron chi connectivity index (χ2n) is 2.64. The topological polar surface area (TPSA) is 47.0 Å². The summed E-state index contributed by atoms with van der Waals surface area (Å²) in [5.74, 6) is -1.56. The Kier molecular flexibility index (Phi) is 2.84. The molecule has 0 aliphatic rings. The number of halogens is 1. The molecule has 68 valence electrons. The van der Waals surface area contributed by atoms with Crippen LogP contribution in [0.1, 0.15) is 23.8 Å². The summed E-state index contributed by atoms with van der Waals surface area (Å²) in [5.41, 5.74) is -0.266. The van der Waals surface area contributed by atoms with Crippen molar-refractivity contribution in [2.45, 2.75) is 13.3 Å². The van der Waals surface area contributed by atoms with Crippen LogP contribution in [-0.4, -0.2) is 16.6 Å². The van der Waals surface area contributed by atoms with E-state index in [4.69, 9.17) is 0 Å². The van der Waals surface area contributed by atoms with Gasteiger partial charge in [-0.2, -0.15) is 0 Å². The van der Waals surface area contributed by atoms with Crippen molar-refractivity contribution in [2.75, 3.05) is 0 Å². The molecule has 3 nitrogen and oxygen atoms in total.